The summed E-state index contributed by atoms with van der Waals surface area (Å²) in [6.07, 6.45) is 0. The number of carbonyl (C=O) groups excluding carboxylic acids is 1. The van der Waals surface area contributed by atoms with Gasteiger partial charge >= 0.3 is 5.97 Å². The molecule has 0 atom stereocenters. The predicted molar refractivity (Wildman–Crippen MR) is 78.3 cm³/mol. The lowest BCUT2D eigenvalue weighted by Gasteiger charge is -2.06. The molecule has 1 aromatic carbocycles. The molecular formula is C13H8BrClN2O3. The average molecular weight is 356 g/mol. The van der Waals surface area contributed by atoms with E-state index in [0.717, 1.165) is 0 Å². The van der Waals surface area contributed by atoms with Crippen LogP contribution in [0, 0.1) is 0 Å². The van der Waals surface area contributed by atoms with E-state index >= 15 is 0 Å². The van der Waals surface area contributed by atoms with Gasteiger partial charge in [-0.05, 0) is 46.3 Å². The number of pyridine rings is 1. The molecule has 7 heteroatoms. The van der Waals surface area contributed by atoms with Crippen molar-refractivity contribution in [1.29, 1.82) is 0 Å². The van der Waals surface area contributed by atoms with Gasteiger partial charge in [-0.15, -0.1) is 0 Å². The van der Waals surface area contributed by atoms with Crippen LogP contribution in [0.1, 0.15) is 20.8 Å². The molecule has 2 rings (SSSR count). The van der Waals surface area contributed by atoms with Gasteiger partial charge < -0.3 is 10.4 Å². The van der Waals surface area contributed by atoms with E-state index in [9.17, 15) is 9.59 Å². The summed E-state index contributed by atoms with van der Waals surface area (Å²) < 4.78 is 0.682. The molecule has 0 bridgehead atoms. The standard InChI is InChI=1S/C13H8BrClN2O3/c14-8-5-4-7(6-9(8)15)12(18)17-11-3-1-2-10(16-11)13(19)20/h1-6H,(H,19,20)(H,16,17,18). The molecule has 0 unspecified atom stereocenters. The lowest BCUT2D eigenvalue weighted by Crippen LogP contribution is -2.14. The van der Waals surface area contributed by atoms with Crippen LogP contribution in [0.25, 0.3) is 0 Å². The molecule has 2 N–H and O–H groups in total. The van der Waals surface area contributed by atoms with E-state index in [1.54, 1.807) is 12.1 Å². The Balaban J connectivity index is 2.21. The highest BCUT2D eigenvalue weighted by atomic mass is 79.9. The SMILES string of the molecule is O=C(Nc1cccc(C(=O)O)n1)c1ccc(Br)c(Cl)c1. The van der Waals surface area contributed by atoms with Gasteiger partial charge in [-0.25, -0.2) is 9.78 Å². The van der Waals surface area contributed by atoms with Crippen LogP contribution in [0.4, 0.5) is 5.82 Å². The summed E-state index contributed by atoms with van der Waals surface area (Å²) in [7, 11) is 0. The molecule has 0 aliphatic carbocycles. The molecule has 0 saturated carbocycles. The minimum absolute atomic E-state index is 0.142. The number of carbonyl (C=O) groups is 2. The van der Waals surface area contributed by atoms with Gasteiger partial charge in [0.05, 0.1) is 5.02 Å². The summed E-state index contributed by atoms with van der Waals surface area (Å²) in [5.41, 5.74) is 0.206. The molecule has 2 aromatic rings. The molecule has 1 heterocycles. The zero-order chi connectivity index (χ0) is 14.7. The maximum absolute atomic E-state index is 12.0. The quantitative estimate of drug-likeness (QED) is 0.884. The van der Waals surface area contributed by atoms with Crippen LogP contribution < -0.4 is 5.32 Å². The first-order valence-corrected chi connectivity index (χ1v) is 6.61. The number of benzene rings is 1. The second kappa shape index (κ2) is 6.02. The topological polar surface area (TPSA) is 79.3 Å². The summed E-state index contributed by atoms with van der Waals surface area (Å²) >= 11 is 9.14. The maximum Gasteiger partial charge on any atom is 0.354 e. The van der Waals surface area contributed by atoms with Crippen molar-refractivity contribution < 1.29 is 14.7 Å². The molecule has 1 amide bonds. The van der Waals surface area contributed by atoms with E-state index in [1.807, 2.05) is 0 Å². The van der Waals surface area contributed by atoms with Crippen LogP contribution >= 0.6 is 27.5 Å². The Labute approximate surface area is 127 Å². The molecule has 0 fully saturated rings. The van der Waals surface area contributed by atoms with Crippen molar-refractivity contribution in [3.05, 3.63) is 57.2 Å². The number of amides is 1. The fourth-order valence-electron chi connectivity index (χ4n) is 1.45. The third kappa shape index (κ3) is 3.34. The first kappa shape index (κ1) is 14.5. The predicted octanol–water partition coefficient (Wildman–Crippen LogP) is 3.45. The fraction of sp³-hybridized carbons (Fsp3) is 0. The molecule has 0 saturated heterocycles. The summed E-state index contributed by atoms with van der Waals surface area (Å²) in [5, 5.41) is 11.7. The molecular weight excluding hydrogens is 348 g/mol. The number of carboxylic acid groups (broad SMARTS) is 1. The van der Waals surface area contributed by atoms with Gasteiger partial charge in [-0.2, -0.15) is 0 Å². The van der Waals surface area contributed by atoms with Gasteiger partial charge in [0.25, 0.3) is 5.91 Å². The largest absolute Gasteiger partial charge is 0.477 e. The number of hydrogen-bond acceptors (Lipinski definition) is 3. The minimum Gasteiger partial charge on any atom is -0.477 e. The van der Waals surface area contributed by atoms with Gasteiger partial charge in [-0.1, -0.05) is 17.7 Å². The normalized spacial score (nSPS) is 10.1. The van der Waals surface area contributed by atoms with Crippen LogP contribution in [-0.2, 0) is 0 Å². The number of carboxylic acids is 1. The number of hydrogen-bond donors (Lipinski definition) is 2. The smallest absolute Gasteiger partial charge is 0.354 e. The summed E-state index contributed by atoms with van der Waals surface area (Å²) in [4.78, 5) is 26.6. The first-order chi connectivity index (χ1) is 9.47. The Kier molecular flexibility index (Phi) is 4.36. The molecule has 0 spiro atoms. The van der Waals surface area contributed by atoms with E-state index in [-0.39, 0.29) is 11.5 Å². The zero-order valence-corrected chi connectivity index (χ0v) is 12.3. The first-order valence-electron chi connectivity index (χ1n) is 5.44. The highest BCUT2D eigenvalue weighted by Crippen LogP contribution is 2.23. The second-order valence-electron chi connectivity index (χ2n) is 3.80. The fourth-order valence-corrected chi connectivity index (χ4v) is 1.88. The molecule has 0 aliphatic heterocycles. The number of aromatic nitrogens is 1. The number of halogens is 2. The highest BCUT2D eigenvalue weighted by molar-refractivity contribution is 9.10. The van der Waals surface area contributed by atoms with E-state index in [1.165, 1.54) is 24.3 Å². The maximum atomic E-state index is 12.0. The van der Waals surface area contributed by atoms with E-state index in [0.29, 0.717) is 15.1 Å². The lowest BCUT2D eigenvalue weighted by atomic mass is 10.2. The van der Waals surface area contributed by atoms with Crippen LogP contribution in [-0.4, -0.2) is 22.0 Å². The van der Waals surface area contributed by atoms with Gasteiger partial charge in [0.15, 0.2) is 5.69 Å². The van der Waals surface area contributed by atoms with Gasteiger partial charge in [0.2, 0.25) is 0 Å². The van der Waals surface area contributed by atoms with Crippen molar-refractivity contribution in [1.82, 2.24) is 4.98 Å². The van der Waals surface area contributed by atoms with Crippen LogP contribution in [0.15, 0.2) is 40.9 Å². The Morgan fingerprint density at radius 1 is 1.25 bits per heavy atom. The minimum atomic E-state index is -1.16. The van der Waals surface area contributed by atoms with Gasteiger partial charge in [0, 0.05) is 10.0 Å². The lowest BCUT2D eigenvalue weighted by molar-refractivity contribution is 0.0690. The number of nitrogens with zero attached hydrogens (tertiary/aromatic N) is 1. The Morgan fingerprint density at radius 2 is 2.00 bits per heavy atom. The molecule has 5 nitrogen and oxygen atoms in total. The van der Waals surface area contributed by atoms with Crippen molar-refractivity contribution >= 4 is 45.2 Å². The van der Waals surface area contributed by atoms with E-state index < -0.39 is 11.9 Å². The monoisotopic (exact) mass is 354 g/mol. The summed E-state index contributed by atoms with van der Waals surface area (Å²) in [5.74, 6) is -1.42. The second-order valence-corrected chi connectivity index (χ2v) is 5.06. The van der Waals surface area contributed by atoms with Crippen LogP contribution in [0.3, 0.4) is 0 Å². The van der Waals surface area contributed by atoms with Crippen molar-refractivity contribution in [2.75, 3.05) is 5.32 Å². The Hall–Kier alpha value is -1.92. The highest BCUT2D eigenvalue weighted by Gasteiger charge is 2.10. The zero-order valence-electron chi connectivity index (χ0n) is 9.93. The van der Waals surface area contributed by atoms with Gasteiger partial charge in [-0.3, -0.25) is 4.79 Å². The Morgan fingerprint density at radius 3 is 2.65 bits per heavy atom. The average Bonchev–Trinajstić information content (AvgIpc) is 2.42. The van der Waals surface area contributed by atoms with Gasteiger partial charge in [0.1, 0.15) is 5.82 Å². The summed E-state index contributed by atoms with van der Waals surface area (Å²) in [6.45, 7) is 0. The third-order valence-electron chi connectivity index (χ3n) is 2.39. The van der Waals surface area contributed by atoms with Crippen molar-refractivity contribution in [3.8, 4) is 0 Å². The van der Waals surface area contributed by atoms with Crippen LogP contribution in [0.5, 0.6) is 0 Å². The molecule has 102 valence electrons. The number of aromatic carboxylic acids is 1. The molecule has 0 aliphatic rings. The molecule has 0 radical (unpaired) electrons. The van der Waals surface area contributed by atoms with E-state index in [2.05, 4.69) is 26.2 Å². The number of anilines is 1. The molecule has 1 aromatic heterocycles. The van der Waals surface area contributed by atoms with Crippen molar-refractivity contribution in [2.45, 2.75) is 0 Å². The molecule has 20 heavy (non-hydrogen) atoms. The van der Waals surface area contributed by atoms with Crippen molar-refractivity contribution in [3.63, 3.8) is 0 Å². The number of rotatable bonds is 3. The van der Waals surface area contributed by atoms with E-state index in [4.69, 9.17) is 16.7 Å². The summed E-state index contributed by atoms with van der Waals surface area (Å²) in [6, 6.07) is 9.09. The third-order valence-corrected chi connectivity index (χ3v) is 3.62. The van der Waals surface area contributed by atoms with Crippen molar-refractivity contribution in [2.24, 2.45) is 0 Å². The van der Waals surface area contributed by atoms with Crippen LogP contribution in [0.2, 0.25) is 5.02 Å². The number of nitrogens with one attached hydrogen (secondary N) is 1. The Bertz CT molecular complexity index is 691.